The van der Waals surface area contributed by atoms with Gasteiger partial charge >= 0.3 is 5.97 Å². The zero-order chi connectivity index (χ0) is 18.5. The minimum absolute atomic E-state index is 0.120. The molecule has 0 saturated carbocycles. The van der Waals surface area contributed by atoms with Gasteiger partial charge in [0.05, 0.1) is 7.11 Å². The van der Waals surface area contributed by atoms with Gasteiger partial charge < -0.3 is 15.4 Å². The van der Waals surface area contributed by atoms with E-state index in [1.807, 2.05) is 0 Å². The molecule has 0 bridgehead atoms. The summed E-state index contributed by atoms with van der Waals surface area (Å²) >= 11 is 0. The predicted molar refractivity (Wildman–Crippen MR) is 104 cm³/mol. The summed E-state index contributed by atoms with van der Waals surface area (Å²) in [7, 11) is 3.23. The summed E-state index contributed by atoms with van der Waals surface area (Å²) < 4.78 is 4.63. The number of nitrogens with one attached hydrogen (secondary N) is 2. The molecule has 0 aliphatic carbocycles. The molecule has 1 atom stereocenters. The van der Waals surface area contributed by atoms with Gasteiger partial charge in [-0.2, -0.15) is 0 Å². The number of aliphatic imine (C=N–C) groups is 1. The Labute approximate surface area is 152 Å². The van der Waals surface area contributed by atoms with Crippen LogP contribution in [0.5, 0.6) is 0 Å². The van der Waals surface area contributed by atoms with Crippen molar-refractivity contribution >= 4 is 11.9 Å². The third-order valence-corrected chi connectivity index (χ3v) is 4.27. The summed E-state index contributed by atoms with van der Waals surface area (Å²) in [6.07, 6.45) is 4.63. The third kappa shape index (κ3) is 9.13. The first-order valence-corrected chi connectivity index (χ1v) is 9.14. The molecule has 25 heavy (non-hydrogen) atoms. The number of unbranched alkanes of at least 4 members (excludes halogenated alkanes) is 3. The van der Waals surface area contributed by atoms with Gasteiger partial charge in [-0.1, -0.05) is 49.6 Å². The summed E-state index contributed by atoms with van der Waals surface area (Å²) in [4.78, 5) is 15.3. The van der Waals surface area contributed by atoms with Crippen molar-refractivity contribution in [2.75, 3.05) is 27.2 Å². The third-order valence-electron chi connectivity index (χ3n) is 4.27. The Morgan fingerprint density at radius 3 is 2.44 bits per heavy atom. The van der Waals surface area contributed by atoms with Crippen LogP contribution in [0.1, 0.15) is 56.1 Å². The molecule has 0 heterocycles. The average molecular weight is 348 g/mol. The molecular weight excluding hydrogens is 314 g/mol. The lowest BCUT2D eigenvalue weighted by Crippen LogP contribution is -2.39. The molecule has 2 N–H and O–H groups in total. The second-order valence-electron chi connectivity index (χ2n) is 6.43. The second-order valence-corrected chi connectivity index (χ2v) is 6.43. The van der Waals surface area contributed by atoms with E-state index in [1.165, 1.54) is 18.2 Å². The molecule has 0 fully saturated rings. The van der Waals surface area contributed by atoms with Crippen LogP contribution in [0.4, 0.5) is 0 Å². The van der Waals surface area contributed by atoms with E-state index in [1.54, 1.807) is 7.05 Å². The number of ether oxygens (including phenoxy) is 1. The number of rotatable bonds is 10. The van der Waals surface area contributed by atoms with Crippen LogP contribution < -0.4 is 10.6 Å². The molecule has 0 aliphatic heterocycles. The monoisotopic (exact) mass is 347 g/mol. The van der Waals surface area contributed by atoms with Crippen molar-refractivity contribution in [3.8, 4) is 0 Å². The van der Waals surface area contributed by atoms with Gasteiger partial charge in [-0.05, 0) is 31.2 Å². The van der Waals surface area contributed by atoms with Crippen LogP contribution in [0.25, 0.3) is 0 Å². The molecule has 0 spiro atoms. The van der Waals surface area contributed by atoms with Crippen LogP contribution in [0.15, 0.2) is 29.3 Å². The van der Waals surface area contributed by atoms with Crippen molar-refractivity contribution < 1.29 is 9.53 Å². The number of benzene rings is 1. The highest BCUT2D eigenvalue weighted by atomic mass is 16.5. The normalized spacial score (nSPS) is 12.6. The number of nitrogens with zero attached hydrogens (tertiary/aromatic N) is 1. The van der Waals surface area contributed by atoms with Crippen molar-refractivity contribution in [1.82, 2.24) is 10.6 Å². The molecule has 1 unspecified atom stereocenters. The highest BCUT2D eigenvalue weighted by Gasteiger charge is 2.06. The van der Waals surface area contributed by atoms with E-state index in [2.05, 4.69) is 58.5 Å². The minimum atomic E-state index is -0.120. The van der Waals surface area contributed by atoms with Crippen LogP contribution >= 0.6 is 0 Å². The number of hydrogen-bond donors (Lipinski definition) is 2. The van der Waals surface area contributed by atoms with Gasteiger partial charge in [0.15, 0.2) is 5.96 Å². The van der Waals surface area contributed by atoms with Crippen LogP contribution in [0, 0.1) is 6.92 Å². The topological polar surface area (TPSA) is 62.7 Å². The standard InChI is InChI=1S/C20H33N3O2/c1-16-10-12-18(13-11-16)17(2)15-23-20(21-3)22-14-8-6-5-7-9-19(24)25-4/h10-13,17H,5-9,14-15H2,1-4H3,(H2,21,22,23). The maximum absolute atomic E-state index is 11.0. The quantitative estimate of drug-likeness (QED) is 0.295. The van der Waals surface area contributed by atoms with Crippen molar-refractivity contribution in [2.45, 2.75) is 51.9 Å². The van der Waals surface area contributed by atoms with Crippen LogP contribution in [-0.4, -0.2) is 39.2 Å². The Morgan fingerprint density at radius 1 is 1.12 bits per heavy atom. The fourth-order valence-corrected chi connectivity index (χ4v) is 2.54. The molecule has 0 radical (unpaired) electrons. The Hall–Kier alpha value is -2.04. The van der Waals surface area contributed by atoms with E-state index in [0.29, 0.717) is 12.3 Å². The van der Waals surface area contributed by atoms with Crippen molar-refractivity contribution in [1.29, 1.82) is 0 Å². The number of esters is 1. The van der Waals surface area contributed by atoms with Gasteiger partial charge in [-0.15, -0.1) is 0 Å². The van der Waals surface area contributed by atoms with Gasteiger partial charge in [-0.25, -0.2) is 0 Å². The highest BCUT2D eigenvalue weighted by Crippen LogP contribution is 2.14. The molecule has 1 aromatic carbocycles. The van der Waals surface area contributed by atoms with Crippen molar-refractivity contribution in [2.24, 2.45) is 4.99 Å². The maximum Gasteiger partial charge on any atom is 0.305 e. The lowest BCUT2D eigenvalue weighted by molar-refractivity contribution is -0.140. The fourth-order valence-electron chi connectivity index (χ4n) is 2.54. The lowest BCUT2D eigenvalue weighted by atomic mass is 10.0. The zero-order valence-electron chi connectivity index (χ0n) is 16.1. The Balaban J connectivity index is 2.16. The highest BCUT2D eigenvalue weighted by molar-refractivity contribution is 5.79. The fraction of sp³-hybridized carbons (Fsp3) is 0.600. The molecule has 1 aromatic rings. The molecule has 140 valence electrons. The molecule has 0 aromatic heterocycles. The van der Waals surface area contributed by atoms with E-state index >= 15 is 0 Å². The SMILES string of the molecule is CN=C(NCCCCCCC(=O)OC)NCC(C)c1ccc(C)cc1. The summed E-state index contributed by atoms with van der Waals surface area (Å²) in [5, 5.41) is 6.73. The number of aryl methyl sites for hydroxylation is 1. The molecule has 5 heteroatoms. The smallest absolute Gasteiger partial charge is 0.305 e. The number of carbonyl (C=O) groups excluding carboxylic acids is 1. The van der Waals surface area contributed by atoms with E-state index in [9.17, 15) is 4.79 Å². The largest absolute Gasteiger partial charge is 0.469 e. The molecular formula is C20H33N3O2. The zero-order valence-corrected chi connectivity index (χ0v) is 16.1. The number of hydrogen-bond acceptors (Lipinski definition) is 3. The van der Waals surface area contributed by atoms with E-state index < -0.39 is 0 Å². The summed E-state index contributed by atoms with van der Waals surface area (Å²) in [5.74, 6) is 1.15. The number of carbonyl (C=O) groups is 1. The lowest BCUT2D eigenvalue weighted by Gasteiger charge is -2.16. The summed E-state index contributed by atoms with van der Waals surface area (Å²) in [5.41, 5.74) is 2.62. The van der Waals surface area contributed by atoms with Crippen LogP contribution in [-0.2, 0) is 9.53 Å². The van der Waals surface area contributed by atoms with Gasteiger partial charge in [-0.3, -0.25) is 9.79 Å². The molecule has 0 saturated heterocycles. The average Bonchev–Trinajstić information content (AvgIpc) is 2.63. The Bertz CT molecular complexity index is 526. The molecule has 0 aliphatic rings. The molecule has 0 amide bonds. The molecule has 1 rings (SSSR count). The van der Waals surface area contributed by atoms with Gasteiger partial charge in [0.2, 0.25) is 0 Å². The van der Waals surface area contributed by atoms with Gasteiger partial charge in [0.1, 0.15) is 0 Å². The van der Waals surface area contributed by atoms with Crippen LogP contribution in [0.3, 0.4) is 0 Å². The van der Waals surface area contributed by atoms with E-state index in [4.69, 9.17) is 0 Å². The van der Waals surface area contributed by atoms with E-state index in [0.717, 1.165) is 44.7 Å². The van der Waals surface area contributed by atoms with Gasteiger partial charge in [0.25, 0.3) is 0 Å². The first-order valence-electron chi connectivity index (χ1n) is 9.14. The van der Waals surface area contributed by atoms with Crippen molar-refractivity contribution in [3.05, 3.63) is 35.4 Å². The Morgan fingerprint density at radius 2 is 1.80 bits per heavy atom. The predicted octanol–water partition coefficient (Wildman–Crippen LogP) is 3.39. The van der Waals surface area contributed by atoms with Crippen LogP contribution in [0.2, 0.25) is 0 Å². The number of guanidine groups is 1. The second kappa shape index (κ2) is 12.3. The number of methoxy groups -OCH3 is 1. The minimum Gasteiger partial charge on any atom is -0.469 e. The Kier molecular flexibility index (Phi) is 10.4. The van der Waals surface area contributed by atoms with E-state index in [-0.39, 0.29) is 5.97 Å². The first-order chi connectivity index (χ1) is 12.1. The van der Waals surface area contributed by atoms with Crippen molar-refractivity contribution in [3.63, 3.8) is 0 Å². The summed E-state index contributed by atoms with van der Waals surface area (Å²) in [6.45, 7) is 6.05. The first kappa shape index (κ1) is 21.0. The molecule has 5 nitrogen and oxygen atoms in total. The maximum atomic E-state index is 11.0. The summed E-state index contributed by atoms with van der Waals surface area (Å²) in [6, 6.07) is 8.68. The van der Waals surface area contributed by atoms with Gasteiger partial charge in [0, 0.05) is 26.6 Å².